The number of ketones is 1. The number of halogens is 4. The molecule has 128 valence electrons. The third-order valence-corrected chi connectivity index (χ3v) is 3.51. The number of aliphatic hydroxyl groups excluding tert-OH is 2. The van der Waals surface area contributed by atoms with Gasteiger partial charge >= 0.3 is 0 Å². The summed E-state index contributed by atoms with van der Waals surface area (Å²) in [5.74, 6) is -4.50. The molecule has 7 heteroatoms. The second kappa shape index (κ2) is 7.55. The summed E-state index contributed by atoms with van der Waals surface area (Å²) in [6, 6.07) is 5.31. The first-order valence-electron chi connectivity index (χ1n) is 7.05. The Labute approximate surface area is 135 Å². The summed E-state index contributed by atoms with van der Waals surface area (Å²) in [4.78, 5) is 11.9. The molecule has 2 atom stereocenters. The molecule has 0 aliphatic heterocycles. The average molecular weight is 342 g/mol. The minimum absolute atomic E-state index is 0.0996. The number of benzene rings is 2. The molecule has 0 aliphatic rings. The zero-order valence-electron chi connectivity index (χ0n) is 12.3. The Morgan fingerprint density at radius 3 is 1.50 bits per heavy atom. The van der Waals surface area contributed by atoms with Crippen molar-refractivity contribution in [2.75, 3.05) is 0 Å². The molecule has 0 heterocycles. The van der Waals surface area contributed by atoms with E-state index in [1.54, 1.807) is 0 Å². The summed E-state index contributed by atoms with van der Waals surface area (Å²) in [5.41, 5.74) is -0.199. The Balaban J connectivity index is 2.03. The summed E-state index contributed by atoms with van der Waals surface area (Å²) in [7, 11) is 0. The summed E-state index contributed by atoms with van der Waals surface area (Å²) < 4.78 is 52.6. The highest BCUT2D eigenvalue weighted by molar-refractivity contribution is 5.87. The molecule has 0 saturated carbocycles. The van der Waals surface area contributed by atoms with Crippen molar-refractivity contribution in [3.63, 3.8) is 0 Å². The van der Waals surface area contributed by atoms with Crippen LogP contribution in [0, 0.1) is 23.3 Å². The van der Waals surface area contributed by atoms with Crippen molar-refractivity contribution in [1.82, 2.24) is 0 Å². The zero-order valence-corrected chi connectivity index (χ0v) is 12.3. The number of aliphatic hydroxyl groups is 2. The number of carbonyl (C=O) groups is 1. The maximum Gasteiger partial charge on any atom is 0.190 e. The first kappa shape index (κ1) is 18.1. The van der Waals surface area contributed by atoms with Crippen molar-refractivity contribution < 1.29 is 32.6 Å². The number of hydrogen-bond donors (Lipinski definition) is 2. The highest BCUT2D eigenvalue weighted by Crippen LogP contribution is 2.15. The molecular weight excluding hydrogens is 328 g/mol. The number of carbonyl (C=O) groups excluding carboxylic acids is 1. The summed E-state index contributed by atoms with van der Waals surface area (Å²) in [6.45, 7) is 0. The lowest BCUT2D eigenvalue weighted by Gasteiger charge is -2.15. The lowest BCUT2D eigenvalue weighted by atomic mass is 9.97. The molecule has 0 bridgehead atoms. The predicted octanol–water partition coefficient (Wildman–Crippen LogP) is 2.32. The molecule has 0 radical (unpaired) electrons. The van der Waals surface area contributed by atoms with Crippen LogP contribution in [0.5, 0.6) is 0 Å². The highest BCUT2D eigenvalue weighted by atomic mass is 19.1. The van der Waals surface area contributed by atoms with E-state index in [1.807, 2.05) is 0 Å². The van der Waals surface area contributed by atoms with Crippen LogP contribution in [0.25, 0.3) is 0 Å². The largest absolute Gasteiger partial charge is 0.385 e. The normalized spacial score (nSPS) is 13.6. The highest BCUT2D eigenvalue weighted by Gasteiger charge is 2.25. The van der Waals surface area contributed by atoms with E-state index in [4.69, 9.17) is 0 Å². The first-order valence-corrected chi connectivity index (χ1v) is 7.05. The van der Waals surface area contributed by atoms with Gasteiger partial charge in [-0.05, 0) is 23.3 Å². The molecular formula is C17H14F4O3. The van der Waals surface area contributed by atoms with Crippen LogP contribution in [0.2, 0.25) is 0 Å². The van der Waals surface area contributed by atoms with Gasteiger partial charge < -0.3 is 10.2 Å². The van der Waals surface area contributed by atoms with Gasteiger partial charge in [-0.1, -0.05) is 12.1 Å². The van der Waals surface area contributed by atoms with Crippen molar-refractivity contribution in [1.29, 1.82) is 0 Å². The molecule has 0 amide bonds. The van der Waals surface area contributed by atoms with Crippen molar-refractivity contribution in [3.8, 4) is 0 Å². The van der Waals surface area contributed by atoms with Gasteiger partial charge in [0.15, 0.2) is 5.78 Å². The molecule has 2 rings (SSSR count). The number of rotatable bonds is 6. The van der Waals surface area contributed by atoms with Crippen molar-refractivity contribution in [2.24, 2.45) is 0 Å². The molecule has 2 aromatic rings. The zero-order chi connectivity index (χ0) is 17.9. The van der Waals surface area contributed by atoms with Gasteiger partial charge in [0.05, 0.1) is 0 Å². The van der Waals surface area contributed by atoms with Gasteiger partial charge in [-0.25, -0.2) is 17.6 Å². The number of Topliss-reactive ketones (excluding diaryl/α,β-unsaturated/α-hetero) is 1. The van der Waals surface area contributed by atoms with E-state index >= 15 is 0 Å². The molecule has 0 aliphatic carbocycles. The Kier molecular flexibility index (Phi) is 5.69. The fourth-order valence-electron chi connectivity index (χ4n) is 2.21. The summed E-state index contributed by atoms with van der Waals surface area (Å²) in [5, 5.41) is 19.6. The lowest BCUT2D eigenvalue weighted by molar-refractivity contribution is -0.135. The average Bonchev–Trinajstić information content (AvgIpc) is 2.51. The molecule has 0 fully saturated rings. The fraction of sp³-hybridized carbons (Fsp3) is 0.235. The second-order valence-electron chi connectivity index (χ2n) is 5.31. The van der Waals surface area contributed by atoms with E-state index < -0.39 is 54.1 Å². The Morgan fingerprint density at radius 1 is 0.792 bits per heavy atom. The van der Waals surface area contributed by atoms with Gasteiger partial charge in [0.1, 0.15) is 35.5 Å². The molecule has 2 aromatic carbocycles. The Morgan fingerprint density at radius 2 is 1.17 bits per heavy atom. The first-order chi connectivity index (χ1) is 11.3. The van der Waals surface area contributed by atoms with Gasteiger partial charge in [-0.2, -0.15) is 0 Å². The van der Waals surface area contributed by atoms with E-state index in [2.05, 4.69) is 0 Å². The van der Waals surface area contributed by atoms with Crippen LogP contribution in [0.15, 0.2) is 36.4 Å². The third-order valence-electron chi connectivity index (χ3n) is 3.51. The molecule has 3 nitrogen and oxygen atoms in total. The lowest BCUT2D eigenvalue weighted by Crippen LogP contribution is -2.35. The van der Waals surface area contributed by atoms with E-state index in [9.17, 15) is 32.6 Å². The molecule has 0 aromatic heterocycles. The standard InChI is InChI=1S/C17H14F4O3/c18-11-3-1-9(13(20)7-11)5-15(22)17(24)16(23)6-10-2-4-12(19)8-14(10)21/h1-4,7-8,15-16,22-23H,5-6H2/t15-,16-/m1/s1. The Bertz CT molecular complexity index is 687. The van der Waals surface area contributed by atoms with Gasteiger partial charge in [0.25, 0.3) is 0 Å². The Hall–Kier alpha value is -2.25. The van der Waals surface area contributed by atoms with E-state index in [1.165, 1.54) is 0 Å². The monoisotopic (exact) mass is 342 g/mol. The van der Waals surface area contributed by atoms with Crippen LogP contribution in [0.4, 0.5) is 17.6 Å². The van der Waals surface area contributed by atoms with E-state index in [0.29, 0.717) is 12.1 Å². The number of hydrogen-bond acceptors (Lipinski definition) is 3. The maximum absolute atomic E-state index is 13.5. The van der Waals surface area contributed by atoms with Crippen molar-refractivity contribution in [2.45, 2.75) is 25.0 Å². The van der Waals surface area contributed by atoms with Crippen LogP contribution < -0.4 is 0 Å². The van der Waals surface area contributed by atoms with Crippen LogP contribution in [0.1, 0.15) is 11.1 Å². The second-order valence-corrected chi connectivity index (χ2v) is 5.31. The molecule has 0 saturated heterocycles. The minimum Gasteiger partial charge on any atom is -0.385 e. The van der Waals surface area contributed by atoms with Crippen LogP contribution in [-0.4, -0.2) is 28.2 Å². The van der Waals surface area contributed by atoms with Gasteiger partial charge in [0.2, 0.25) is 0 Å². The van der Waals surface area contributed by atoms with Crippen LogP contribution in [-0.2, 0) is 17.6 Å². The minimum atomic E-state index is -1.75. The fourth-order valence-corrected chi connectivity index (χ4v) is 2.21. The van der Waals surface area contributed by atoms with Gasteiger partial charge in [0, 0.05) is 25.0 Å². The molecule has 2 N–H and O–H groups in total. The van der Waals surface area contributed by atoms with Gasteiger partial charge in [-0.3, -0.25) is 4.79 Å². The molecule has 0 unspecified atom stereocenters. The van der Waals surface area contributed by atoms with Crippen molar-refractivity contribution in [3.05, 3.63) is 70.8 Å². The van der Waals surface area contributed by atoms with E-state index in [-0.39, 0.29) is 11.1 Å². The smallest absolute Gasteiger partial charge is 0.190 e. The van der Waals surface area contributed by atoms with Crippen LogP contribution in [0.3, 0.4) is 0 Å². The van der Waals surface area contributed by atoms with Crippen molar-refractivity contribution >= 4 is 5.78 Å². The SMILES string of the molecule is O=C([C@H](O)Cc1ccc(F)cc1F)[C@H](O)Cc1ccc(F)cc1F. The summed E-state index contributed by atoms with van der Waals surface area (Å²) in [6.07, 6.45) is -4.42. The quantitative estimate of drug-likeness (QED) is 0.792. The summed E-state index contributed by atoms with van der Waals surface area (Å²) >= 11 is 0. The third kappa shape index (κ3) is 4.39. The van der Waals surface area contributed by atoms with Crippen LogP contribution >= 0.6 is 0 Å². The molecule has 0 spiro atoms. The van der Waals surface area contributed by atoms with E-state index in [0.717, 1.165) is 24.3 Å². The van der Waals surface area contributed by atoms with Gasteiger partial charge in [-0.15, -0.1) is 0 Å². The topological polar surface area (TPSA) is 57.5 Å². The predicted molar refractivity (Wildman–Crippen MR) is 77.1 cm³/mol. The maximum atomic E-state index is 13.5. The molecule has 24 heavy (non-hydrogen) atoms.